The first kappa shape index (κ1) is 14.3. The number of nitro benzene ring substituents is 2. The highest BCUT2D eigenvalue weighted by molar-refractivity contribution is 5.83. The highest BCUT2D eigenvalue weighted by Crippen LogP contribution is 2.33. The van der Waals surface area contributed by atoms with Gasteiger partial charge in [-0.1, -0.05) is 30.3 Å². The monoisotopic (exact) mass is 285 g/mol. The van der Waals surface area contributed by atoms with Crippen LogP contribution < -0.4 is 0 Å². The SMILES string of the molecule is Cc1c(N=Cc2ccccc2)cc([N+](=O)[O-])cc1[N+](=O)[O-]. The third-order valence-electron chi connectivity index (χ3n) is 2.90. The Morgan fingerprint density at radius 2 is 1.71 bits per heavy atom. The van der Waals surface area contributed by atoms with E-state index in [1.54, 1.807) is 0 Å². The molecule has 0 spiro atoms. The van der Waals surface area contributed by atoms with Gasteiger partial charge in [0.2, 0.25) is 0 Å². The van der Waals surface area contributed by atoms with Crippen LogP contribution in [0.1, 0.15) is 11.1 Å². The molecule has 0 aliphatic rings. The molecular formula is C14H11N3O4. The van der Waals surface area contributed by atoms with Crippen molar-refractivity contribution < 1.29 is 9.85 Å². The summed E-state index contributed by atoms with van der Waals surface area (Å²) in [6, 6.07) is 11.3. The first-order chi connectivity index (χ1) is 9.99. The van der Waals surface area contributed by atoms with Gasteiger partial charge >= 0.3 is 0 Å². The average molecular weight is 285 g/mol. The maximum atomic E-state index is 11.0. The maximum absolute atomic E-state index is 11.0. The molecule has 21 heavy (non-hydrogen) atoms. The lowest BCUT2D eigenvalue weighted by molar-refractivity contribution is -0.394. The standard InChI is InChI=1S/C14H11N3O4/c1-10-13(15-9-11-5-3-2-4-6-11)7-12(16(18)19)8-14(10)17(20)21/h2-9H,1H3. The van der Waals surface area contributed by atoms with Crippen molar-refractivity contribution in [3.63, 3.8) is 0 Å². The molecule has 7 heteroatoms. The summed E-state index contributed by atoms with van der Waals surface area (Å²) in [5.74, 6) is 0. The lowest BCUT2D eigenvalue weighted by Crippen LogP contribution is -1.95. The van der Waals surface area contributed by atoms with E-state index < -0.39 is 9.85 Å². The third-order valence-corrected chi connectivity index (χ3v) is 2.90. The van der Waals surface area contributed by atoms with E-state index in [9.17, 15) is 20.2 Å². The van der Waals surface area contributed by atoms with Crippen LogP contribution in [0.4, 0.5) is 17.1 Å². The van der Waals surface area contributed by atoms with Gasteiger partial charge in [-0.2, -0.15) is 0 Å². The minimum atomic E-state index is -0.673. The Bertz CT molecular complexity index is 726. The second kappa shape index (κ2) is 5.91. The topological polar surface area (TPSA) is 98.6 Å². The summed E-state index contributed by atoms with van der Waals surface area (Å²) in [4.78, 5) is 24.6. The largest absolute Gasteiger partial charge is 0.281 e. The Kier molecular flexibility index (Phi) is 4.03. The Hall–Kier alpha value is -3.09. The van der Waals surface area contributed by atoms with E-state index in [4.69, 9.17) is 0 Å². The van der Waals surface area contributed by atoms with Crippen LogP contribution in [0.15, 0.2) is 47.5 Å². The van der Waals surface area contributed by atoms with Crippen molar-refractivity contribution in [1.82, 2.24) is 0 Å². The molecule has 2 aromatic carbocycles. The summed E-state index contributed by atoms with van der Waals surface area (Å²) in [6.45, 7) is 1.51. The Balaban J connectivity index is 2.50. The highest BCUT2D eigenvalue weighted by atomic mass is 16.6. The number of benzene rings is 2. The van der Waals surface area contributed by atoms with Gasteiger partial charge in [0.1, 0.15) is 0 Å². The van der Waals surface area contributed by atoms with Gasteiger partial charge in [0.25, 0.3) is 11.4 Å². The molecule has 0 saturated carbocycles. The molecule has 0 aliphatic carbocycles. The van der Waals surface area contributed by atoms with Crippen LogP contribution >= 0.6 is 0 Å². The second-order valence-electron chi connectivity index (χ2n) is 4.29. The molecule has 0 aliphatic heterocycles. The van der Waals surface area contributed by atoms with Gasteiger partial charge < -0.3 is 0 Å². The molecule has 0 heterocycles. The van der Waals surface area contributed by atoms with Crippen molar-refractivity contribution in [2.45, 2.75) is 6.92 Å². The van der Waals surface area contributed by atoms with Gasteiger partial charge in [-0.15, -0.1) is 0 Å². The van der Waals surface area contributed by atoms with Crippen LogP contribution in [0.5, 0.6) is 0 Å². The first-order valence-electron chi connectivity index (χ1n) is 6.01. The number of nitrogens with zero attached hydrogens (tertiary/aromatic N) is 3. The summed E-state index contributed by atoms with van der Waals surface area (Å²) < 4.78 is 0. The molecule has 0 N–H and O–H groups in total. The fraction of sp³-hybridized carbons (Fsp3) is 0.0714. The molecule has 0 atom stereocenters. The van der Waals surface area contributed by atoms with Crippen molar-refractivity contribution in [3.05, 3.63) is 73.8 Å². The van der Waals surface area contributed by atoms with Gasteiger partial charge in [0.05, 0.1) is 27.2 Å². The molecule has 106 valence electrons. The van der Waals surface area contributed by atoms with E-state index in [1.807, 2.05) is 30.3 Å². The zero-order valence-corrected chi connectivity index (χ0v) is 11.1. The van der Waals surface area contributed by atoms with Crippen molar-refractivity contribution >= 4 is 23.3 Å². The molecule has 0 unspecified atom stereocenters. The van der Waals surface area contributed by atoms with Gasteiger partial charge in [-0.05, 0) is 12.5 Å². The molecule has 0 bridgehead atoms. The summed E-state index contributed by atoms with van der Waals surface area (Å²) in [5, 5.41) is 21.8. The third kappa shape index (κ3) is 3.27. The Labute approximate surface area is 119 Å². The van der Waals surface area contributed by atoms with E-state index in [2.05, 4.69) is 4.99 Å². The highest BCUT2D eigenvalue weighted by Gasteiger charge is 2.20. The smallest absolute Gasteiger partial charge is 0.258 e. The zero-order valence-electron chi connectivity index (χ0n) is 11.1. The van der Waals surface area contributed by atoms with E-state index in [1.165, 1.54) is 19.2 Å². The van der Waals surface area contributed by atoms with Crippen molar-refractivity contribution in [2.24, 2.45) is 4.99 Å². The molecule has 0 amide bonds. The van der Waals surface area contributed by atoms with Crippen LogP contribution in [0.3, 0.4) is 0 Å². The van der Waals surface area contributed by atoms with Gasteiger partial charge in [0, 0.05) is 12.3 Å². The number of nitro groups is 2. The van der Waals surface area contributed by atoms with E-state index in [-0.39, 0.29) is 22.6 Å². The number of non-ortho nitro benzene ring substituents is 1. The number of aliphatic imine (C=N–C) groups is 1. The number of hydrogen-bond acceptors (Lipinski definition) is 5. The molecule has 2 aromatic rings. The van der Waals surface area contributed by atoms with E-state index in [0.717, 1.165) is 11.6 Å². The maximum Gasteiger partial charge on any atom is 0.281 e. The summed E-state index contributed by atoms with van der Waals surface area (Å²) in [7, 11) is 0. The van der Waals surface area contributed by atoms with Crippen LogP contribution in [-0.4, -0.2) is 16.1 Å². The van der Waals surface area contributed by atoms with E-state index >= 15 is 0 Å². The molecule has 0 fully saturated rings. The first-order valence-corrected chi connectivity index (χ1v) is 6.01. The predicted molar refractivity (Wildman–Crippen MR) is 78.2 cm³/mol. The second-order valence-corrected chi connectivity index (χ2v) is 4.29. The van der Waals surface area contributed by atoms with Crippen molar-refractivity contribution in [1.29, 1.82) is 0 Å². The summed E-state index contributed by atoms with van der Waals surface area (Å²) in [5.41, 5.74) is 0.625. The molecule has 0 radical (unpaired) electrons. The predicted octanol–water partition coefficient (Wildman–Crippen LogP) is 3.56. The van der Waals surface area contributed by atoms with Crippen LogP contribution in [-0.2, 0) is 0 Å². The molecule has 2 rings (SSSR count). The van der Waals surface area contributed by atoms with Crippen LogP contribution in [0.25, 0.3) is 0 Å². The number of rotatable bonds is 4. The van der Waals surface area contributed by atoms with Crippen molar-refractivity contribution in [3.8, 4) is 0 Å². The van der Waals surface area contributed by atoms with Crippen LogP contribution in [0, 0.1) is 27.2 Å². The normalized spacial score (nSPS) is 10.7. The Morgan fingerprint density at radius 3 is 2.29 bits per heavy atom. The fourth-order valence-corrected chi connectivity index (χ4v) is 1.78. The lowest BCUT2D eigenvalue weighted by Gasteiger charge is -2.02. The van der Waals surface area contributed by atoms with Gasteiger partial charge in [-0.25, -0.2) is 0 Å². The number of hydrogen-bond donors (Lipinski definition) is 0. The molecule has 7 nitrogen and oxygen atoms in total. The van der Waals surface area contributed by atoms with Crippen LogP contribution in [0.2, 0.25) is 0 Å². The minimum absolute atomic E-state index is 0.208. The molecule has 0 saturated heterocycles. The van der Waals surface area contributed by atoms with Gasteiger partial charge in [-0.3, -0.25) is 25.2 Å². The minimum Gasteiger partial charge on any atom is -0.258 e. The Morgan fingerprint density at radius 1 is 1.05 bits per heavy atom. The summed E-state index contributed by atoms with van der Waals surface area (Å²) in [6.07, 6.45) is 1.51. The molecular weight excluding hydrogens is 274 g/mol. The quantitative estimate of drug-likeness (QED) is 0.487. The summed E-state index contributed by atoms with van der Waals surface area (Å²) >= 11 is 0. The lowest BCUT2D eigenvalue weighted by atomic mass is 10.1. The van der Waals surface area contributed by atoms with Gasteiger partial charge in [0.15, 0.2) is 0 Å². The fourth-order valence-electron chi connectivity index (χ4n) is 1.78. The van der Waals surface area contributed by atoms with E-state index in [0.29, 0.717) is 0 Å². The average Bonchev–Trinajstić information content (AvgIpc) is 2.46. The molecule has 0 aromatic heterocycles. The zero-order chi connectivity index (χ0) is 15.4. The van der Waals surface area contributed by atoms with Crippen molar-refractivity contribution in [2.75, 3.05) is 0 Å².